The summed E-state index contributed by atoms with van der Waals surface area (Å²) in [5, 5.41) is 3.79. The van der Waals surface area contributed by atoms with E-state index >= 15 is 0 Å². The highest BCUT2D eigenvalue weighted by atomic mass is 16.2. The summed E-state index contributed by atoms with van der Waals surface area (Å²) in [4.78, 5) is 28.9. The number of hydrogen-bond donors (Lipinski definition) is 1. The van der Waals surface area contributed by atoms with Crippen LogP contribution in [0.15, 0.2) is 60.8 Å². The summed E-state index contributed by atoms with van der Waals surface area (Å²) in [6, 6.07) is 18.2. The molecular formula is C23H26N4O2. The van der Waals surface area contributed by atoms with E-state index in [1.165, 1.54) is 5.56 Å². The van der Waals surface area contributed by atoms with E-state index in [2.05, 4.69) is 28.1 Å². The van der Waals surface area contributed by atoms with Crippen molar-refractivity contribution in [2.45, 2.75) is 13.5 Å². The molecule has 3 amide bonds. The van der Waals surface area contributed by atoms with Gasteiger partial charge in [0.15, 0.2) is 0 Å². The highest BCUT2D eigenvalue weighted by Crippen LogP contribution is 2.24. The Bertz CT molecular complexity index is 1000. The fourth-order valence-corrected chi connectivity index (χ4v) is 3.87. The normalized spacial score (nSPS) is 14.2. The Hall–Kier alpha value is -3.28. The Kier molecular flexibility index (Phi) is 5.51. The number of piperazine rings is 1. The molecule has 6 heteroatoms. The Morgan fingerprint density at radius 3 is 2.28 bits per heavy atom. The zero-order valence-electron chi connectivity index (χ0n) is 16.7. The molecule has 3 aromatic rings. The third-order valence-electron chi connectivity index (χ3n) is 5.40. The van der Waals surface area contributed by atoms with E-state index in [0.29, 0.717) is 32.7 Å². The first-order chi connectivity index (χ1) is 14.2. The molecule has 2 aromatic carbocycles. The SMILES string of the molecule is CCNC(=O)N1CCN(C(=O)c2cn(Cc3ccccc3)c3ccccc23)CC1. The van der Waals surface area contributed by atoms with Crippen LogP contribution < -0.4 is 5.32 Å². The molecule has 1 saturated heterocycles. The van der Waals surface area contributed by atoms with Gasteiger partial charge in [-0.15, -0.1) is 0 Å². The molecule has 0 saturated carbocycles. The number of aromatic nitrogens is 1. The van der Waals surface area contributed by atoms with Gasteiger partial charge in [0.05, 0.1) is 5.56 Å². The fraction of sp³-hybridized carbons (Fsp3) is 0.304. The van der Waals surface area contributed by atoms with Crippen LogP contribution in [0.3, 0.4) is 0 Å². The van der Waals surface area contributed by atoms with Crippen molar-refractivity contribution in [3.05, 3.63) is 71.9 Å². The first kappa shape index (κ1) is 19.1. The van der Waals surface area contributed by atoms with E-state index in [9.17, 15) is 9.59 Å². The van der Waals surface area contributed by atoms with Crippen molar-refractivity contribution in [3.8, 4) is 0 Å². The van der Waals surface area contributed by atoms with Crippen molar-refractivity contribution in [2.75, 3.05) is 32.7 Å². The van der Waals surface area contributed by atoms with Gasteiger partial charge < -0.3 is 19.7 Å². The topological polar surface area (TPSA) is 57.6 Å². The molecule has 0 aliphatic carbocycles. The lowest BCUT2D eigenvalue weighted by Crippen LogP contribution is -2.53. The minimum Gasteiger partial charge on any atom is -0.342 e. The van der Waals surface area contributed by atoms with Gasteiger partial charge in [-0.25, -0.2) is 4.79 Å². The standard InChI is InChI=1S/C23H26N4O2/c1-2-24-23(29)26-14-12-25(13-15-26)22(28)20-17-27(16-18-8-4-3-5-9-18)21-11-7-6-10-19(20)21/h3-11,17H,2,12-16H2,1H3,(H,24,29). The number of benzene rings is 2. The first-order valence-electron chi connectivity index (χ1n) is 10.1. The minimum absolute atomic E-state index is 0.0311. The van der Waals surface area contributed by atoms with Gasteiger partial charge in [0, 0.05) is 56.4 Å². The summed E-state index contributed by atoms with van der Waals surface area (Å²) >= 11 is 0. The molecule has 0 spiro atoms. The van der Waals surface area contributed by atoms with Crippen molar-refractivity contribution < 1.29 is 9.59 Å². The molecule has 29 heavy (non-hydrogen) atoms. The van der Waals surface area contributed by atoms with Gasteiger partial charge in [-0.2, -0.15) is 0 Å². The third kappa shape index (κ3) is 3.97. The number of amides is 3. The van der Waals surface area contributed by atoms with E-state index in [-0.39, 0.29) is 11.9 Å². The molecule has 1 fully saturated rings. The van der Waals surface area contributed by atoms with Crippen LogP contribution in [0.25, 0.3) is 10.9 Å². The van der Waals surface area contributed by atoms with E-state index in [1.807, 2.05) is 54.4 Å². The summed E-state index contributed by atoms with van der Waals surface area (Å²) < 4.78 is 2.14. The van der Waals surface area contributed by atoms with E-state index < -0.39 is 0 Å². The monoisotopic (exact) mass is 390 g/mol. The van der Waals surface area contributed by atoms with Gasteiger partial charge in [0.1, 0.15) is 0 Å². The second-order valence-corrected chi connectivity index (χ2v) is 7.29. The number of carbonyl (C=O) groups is 2. The van der Waals surface area contributed by atoms with Gasteiger partial charge >= 0.3 is 6.03 Å². The third-order valence-corrected chi connectivity index (χ3v) is 5.40. The Morgan fingerprint density at radius 2 is 1.55 bits per heavy atom. The molecule has 6 nitrogen and oxygen atoms in total. The van der Waals surface area contributed by atoms with E-state index in [1.54, 1.807) is 4.90 Å². The summed E-state index contributed by atoms with van der Waals surface area (Å²) in [5.74, 6) is 0.0311. The van der Waals surface area contributed by atoms with Crippen LogP contribution in [-0.2, 0) is 6.54 Å². The van der Waals surface area contributed by atoms with Crippen LogP contribution in [0.4, 0.5) is 4.79 Å². The van der Waals surface area contributed by atoms with Crippen molar-refractivity contribution in [3.63, 3.8) is 0 Å². The smallest absolute Gasteiger partial charge is 0.317 e. The average Bonchev–Trinajstić information content (AvgIpc) is 3.13. The van der Waals surface area contributed by atoms with Gasteiger partial charge in [-0.3, -0.25) is 4.79 Å². The Labute approximate surface area is 170 Å². The van der Waals surface area contributed by atoms with Crippen molar-refractivity contribution in [1.82, 2.24) is 19.7 Å². The maximum Gasteiger partial charge on any atom is 0.317 e. The lowest BCUT2D eigenvalue weighted by molar-refractivity contribution is 0.0667. The number of urea groups is 1. The largest absolute Gasteiger partial charge is 0.342 e. The molecule has 2 heterocycles. The number of para-hydroxylation sites is 1. The molecule has 0 atom stereocenters. The molecular weight excluding hydrogens is 364 g/mol. The fourth-order valence-electron chi connectivity index (χ4n) is 3.87. The highest BCUT2D eigenvalue weighted by Gasteiger charge is 2.26. The molecule has 0 bridgehead atoms. The van der Waals surface area contributed by atoms with Crippen LogP contribution >= 0.6 is 0 Å². The van der Waals surface area contributed by atoms with Crippen molar-refractivity contribution in [1.29, 1.82) is 0 Å². The Balaban J connectivity index is 1.55. The van der Waals surface area contributed by atoms with Crippen molar-refractivity contribution in [2.24, 2.45) is 0 Å². The number of nitrogens with zero attached hydrogens (tertiary/aromatic N) is 3. The zero-order valence-corrected chi connectivity index (χ0v) is 16.7. The molecule has 150 valence electrons. The maximum atomic E-state index is 13.3. The van der Waals surface area contributed by atoms with Crippen LogP contribution in [0.2, 0.25) is 0 Å². The zero-order chi connectivity index (χ0) is 20.2. The number of carbonyl (C=O) groups excluding carboxylic acids is 2. The van der Waals surface area contributed by atoms with Crippen LogP contribution in [0, 0.1) is 0 Å². The van der Waals surface area contributed by atoms with Gasteiger partial charge in [0.2, 0.25) is 0 Å². The first-order valence-corrected chi connectivity index (χ1v) is 10.1. The predicted octanol–water partition coefficient (Wildman–Crippen LogP) is 3.18. The summed E-state index contributed by atoms with van der Waals surface area (Å²) in [5.41, 5.74) is 2.98. The van der Waals surface area contributed by atoms with Gasteiger partial charge in [0.25, 0.3) is 5.91 Å². The van der Waals surface area contributed by atoms with Crippen LogP contribution in [0.1, 0.15) is 22.8 Å². The summed E-state index contributed by atoms with van der Waals surface area (Å²) in [6.45, 7) is 5.45. The number of nitrogens with one attached hydrogen (secondary N) is 1. The van der Waals surface area contributed by atoms with Crippen molar-refractivity contribution >= 4 is 22.8 Å². The summed E-state index contributed by atoms with van der Waals surface area (Å²) in [6.07, 6.45) is 1.97. The highest BCUT2D eigenvalue weighted by molar-refractivity contribution is 6.07. The average molecular weight is 390 g/mol. The minimum atomic E-state index is -0.0564. The lowest BCUT2D eigenvalue weighted by atomic mass is 10.1. The number of hydrogen-bond acceptors (Lipinski definition) is 2. The molecule has 1 N–H and O–H groups in total. The second-order valence-electron chi connectivity index (χ2n) is 7.29. The second kappa shape index (κ2) is 8.39. The van der Waals surface area contributed by atoms with Crippen LogP contribution in [0.5, 0.6) is 0 Å². The molecule has 0 radical (unpaired) electrons. The molecule has 0 unspecified atom stereocenters. The molecule has 1 aliphatic heterocycles. The predicted molar refractivity (Wildman–Crippen MR) is 114 cm³/mol. The lowest BCUT2D eigenvalue weighted by Gasteiger charge is -2.34. The van der Waals surface area contributed by atoms with E-state index in [4.69, 9.17) is 0 Å². The number of fused-ring (bicyclic) bond motifs is 1. The van der Waals surface area contributed by atoms with Gasteiger partial charge in [-0.1, -0.05) is 48.5 Å². The van der Waals surface area contributed by atoms with Crippen LogP contribution in [-0.4, -0.2) is 59.0 Å². The van der Waals surface area contributed by atoms with Gasteiger partial charge in [-0.05, 0) is 18.6 Å². The maximum absolute atomic E-state index is 13.3. The summed E-state index contributed by atoms with van der Waals surface area (Å²) in [7, 11) is 0. The quantitative estimate of drug-likeness (QED) is 0.744. The molecule has 1 aromatic heterocycles. The molecule has 4 rings (SSSR count). The Morgan fingerprint density at radius 1 is 0.897 bits per heavy atom. The van der Waals surface area contributed by atoms with E-state index in [0.717, 1.165) is 23.0 Å². The number of rotatable bonds is 4. The molecule has 1 aliphatic rings.